The van der Waals surface area contributed by atoms with Gasteiger partial charge in [-0.1, -0.05) is 12.1 Å². The number of aliphatic carboxylic acids is 1. The van der Waals surface area contributed by atoms with E-state index < -0.39 is 11.9 Å². The van der Waals surface area contributed by atoms with Gasteiger partial charge in [-0.3, -0.25) is 15.0 Å². The van der Waals surface area contributed by atoms with E-state index in [1.807, 2.05) is 13.8 Å². The highest BCUT2D eigenvalue weighted by molar-refractivity contribution is 5.78. The second-order valence-corrected chi connectivity index (χ2v) is 4.44. The van der Waals surface area contributed by atoms with Gasteiger partial charge in [0.05, 0.1) is 18.9 Å². The standard InChI is InChI=1S/C13H16O5.CH5N3/c1-9(2)17-10-5-3-4-6-11(10)18-13(16)8-7-12(14)15;2-1(3)4/h3-6,9H,7-8H2,1-2H3,(H,14,15);(H5,2,3,4). The summed E-state index contributed by atoms with van der Waals surface area (Å²) < 4.78 is 10.5. The lowest BCUT2D eigenvalue weighted by Crippen LogP contribution is -2.20. The van der Waals surface area contributed by atoms with Gasteiger partial charge in [0.2, 0.25) is 0 Å². The number of hydrogen-bond donors (Lipinski definition) is 4. The first-order chi connectivity index (χ1) is 10.2. The molecule has 0 amide bonds. The van der Waals surface area contributed by atoms with Gasteiger partial charge in [-0.05, 0) is 26.0 Å². The van der Waals surface area contributed by atoms with Crippen molar-refractivity contribution in [2.24, 2.45) is 11.5 Å². The van der Waals surface area contributed by atoms with Gasteiger partial charge >= 0.3 is 11.9 Å². The van der Waals surface area contributed by atoms with Gasteiger partial charge in [0, 0.05) is 0 Å². The molecule has 122 valence electrons. The van der Waals surface area contributed by atoms with Crippen molar-refractivity contribution in [2.75, 3.05) is 0 Å². The number of carboxylic acids is 1. The Bertz CT molecular complexity index is 513. The van der Waals surface area contributed by atoms with Crippen LogP contribution >= 0.6 is 0 Å². The molecule has 0 unspecified atom stereocenters. The third-order valence-corrected chi connectivity index (χ3v) is 1.98. The van der Waals surface area contributed by atoms with Crippen LogP contribution in [0.3, 0.4) is 0 Å². The van der Waals surface area contributed by atoms with E-state index in [9.17, 15) is 9.59 Å². The molecule has 0 saturated heterocycles. The molecule has 8 heteroatoms. The fourth-order valence-corrected chi connectivity index (χ4v) is 1.27. The van der Waals surface area contributed by atoms with Crippen LogP contribution in [0.15, 0.2) is 24.3 Å². The SMILES string of the molecule is CC(C)Oc1ccccc1OC(=O)CCC(=O)O.N=C(N)N. The Kier molecular flexibility index (Phi) is 8.77. The Balaban J connectivity index is 0.000000980. The summed E-state index contributed by atoms with van der Waals surface area (Å²) in [5.74, 6) is -1.17. The molecular weight excluding hydrogens is 290 g/mol. The number of carbonyl (C=O) groups is 2. The maximum absolute atomic E-state index is 11.4. The first-order valence-corrected chi connectivity index (χ1v) is 6.50. The normalized spacial score (nSPS) is 9.41. The average molecular weight is 311 g/mol. The van der Waals surface area contributed by atoms with Gasteiger partial charge in [-0.15, -0.1) is 0 Å². The summed E-state index contributed by atoms with van der Waals surface area (Å²) in [4.78, 5) is 21.7. The first kappa shape index (κ1) is 19.2. The van der Waals surface area contributed by atoms with Crippen molar-refractivity contribution in [3.8, 4) is 11.5 Å². The van der Waals surface area contributed by atoms with E-state index in [0.717, 1.165) is 0 Å². The lowest BCUT2D eigenvalue weighted by atomic mass is 10.3. The third kappa shape index (κ3) is 10.1. The summed E-state index contributed by atoms with van der Waals surface area (Å²) in [5.41, 5.74) is 8.94. The van der Waals surface area contributed by atoms with Crippen LogP contribution in [0.1, 0.15) is 26.7 Å². The highest BCUT2D eigenvalue weighted by Crippen LogP contribution is 2.27. The van der Waals surface area contributed by atoms with Gasteiger partial charge < -0.3 is 26.0 Å². The maximum atomic E-state index is 11.4. The van der Waals surface area contributed by atoms with Crippen molar-refractivity contribution in [3.05, 3.63) is 24.3 Å². The van der Waals surface area contributed by atoms with E-state index in [2.05, 4.69) is 11.5 Å². The van der Waals surface area contributed by atoms with Crippen LogP contribution in [-0.2, 0) is 9.59 Å². The van der Waals surface area contributed by atoms with Crippen molar-refractivity contribution in [2.45, 2.75) is 32.8 Å². The molecule has 0 bridgehead atoms. The molecule has 1 rings (SSSR count). The number of guanidine groups is 1. The fourth-order valence-electron chi connectivity index (χ4n) is 1.27. The predicted octanol–water partition coefficient (Wildman–Crippen LogP) is 1.08. The van der Waals surface area contributed by atoms with Crippen LogP contribution in [0.25, 0.3) is 0 Å². The van der Waals surface area contributed by atoms with Crippen LogP contribution in [0.5, 0.6) is 11.5 Å². The topological polar surface area (TPSA) is 149 Å². The van der Waals surface area contributed by atoms with Crippen molar-refractivity contribution >= 4 is 17.9 Å². The summed E-state index contributed by atoms with van der Waals surface area (Å²) in [5, 5.41) is 14.5. The van der Waals surface area contributed by atoms with Crippen molar-refractivity contribution in [1.29, 1.82) is 5.41 Å². The lowest BCUT2D eigenvalue weighted by molar-refractivity contribution is -0.142. The molecule has 0 atom stereocenters. The smallest absolute Gasteiger partial charge is 0.311 e. The number of benzene rings is 1. The molecule has 0 spiro atoms. The summed E-state index contributed by atoms with van der Waals surface area (Å²) in [7, 11) is 0. The Hall–Kier alpha value is -2.77. The van der Waals surface area contributed by atoms with Gasteiger partial charge in [0.15, 0.2) is 17.5 Å². The average Bonchev–Trinajstić information content (AvgIpc) is 2.37. The molecule has 0 heterocycles. The van der Waals surface area contributed by atoms with E-state index in [0.29, 0.717) is 11.5 Å². The van der Waals surface area contributed by atoms with Crippen LogP contribution in [0.2, 0.25) is 0 Å². The molecule has 0 aliphatic carbocycles. The molecule has 22 heavy (non-hydrogen) atoms. The molecular formula is C14H21N3O5. The van der Waals surface area contributed by atoms with Crippen LogP contribution < -0.4 is 20.9 Å². The summed E-state index contributed by atoms with van der Waals surface area (Å²) >= 11 is 0. The second-order valence-electron chi connectivity index (χ2n) is 4.44. The molecule has 0 aliphatic rings. The molecule has 0 saturated carbocycles. The highest BCUT2D eigenvalue weighted by atomic mass is 16.6. The lowest BCUT2D eigenvalue weighted by Gasteiger charge is -2.13. The number of para-hydroxylation sites is 2. The summed E-state index contributed by atoms with van der Waals surface area (Å²) in [6.07, 6.45) is -0.443. The highest BCUT2D eigenvalue weighted by Gasteiger charge is 2.12. The van der Waals surface area contributed by atoms with Crippen molar-refractivity contribution in [3.63, 3.8) is 0 Å². The number of esters is 1. The Morgan fingerprint density at radius 1 is 1.18 bits per heavy atom. The van der Waals surface area contributed by atoms with Crippen molar-refractivity contribution in [1.82, 2.24) is 0 Å². The number of carbonyl (C=O) groups excluding carboxylic acids is 1. The van der Waals surface area contributed by atoms with E-state index in [4.69, 9.17) is 20.0 Å². The van der Waals surface area contributed by atoms with Crippen LogP contribution in [-0.4, -0.2) is 29.1 Å². The van der Waals surface area contributed by atoms with Gasteiger partial charge in [-0.2, -0.15) is 0 Å². The van der Waals surface area contributed by atoms with Crippen molar-refractivity contribution < 1.29 is 24.2 Å². The van der Waals surface area contributed by atoms with Gasteiger partial charge in [-0.25, -0.2) is 0 Å². The molecule has 1 aromatic rings. The van der Waals surface area contributed by atoms with Crippen LogP contribution in [0.4, 0.5) is 0 Å². The number of nitrogens with one attached hydrogen (secondary N) is 1. The molecule has 8 nitrogen and oxygen atoms in total. The van der Waals surface area contributed by atoms with Gasteiger partial charge in [0.25, 0.3) is 0 Å². The predicted molar refractivity (Wildman–Crippen MR) is 80.8 cm³/mol. The third-order valence-electron chi connectivity index (χ3n) is 1.98. The summed E-state index contributed by atoms with van der Waals surface area (Å²) in [6, 6.07) is 6.79. The van der Waals surface area contributed by atoms with Gasteiger partial charge in [0.1, 0.15) is 0 Å². The number of nitrogens with two attached hydrogens (primary N) is 2. The molecule has 0 radical (unpaired) electrons. The largest absolute Gasteiger partial charge is 0.487 e. The zero-order valence-electron chi connectivity index (χ0n) is 12.5. The number of ether oxygens (including phenoxy) is 2. The molecule has 0 aromatic heterocycles. The molecule has 0 aliphatic heterocycles. The van der Waals surface area contributed by atoms with E-state index in [1.54, 1.807) is 24.3 Å². The minimum Gasteiger partial charge on any atom is -0.487 e. The zero-order valence-corrected chi connectivity index (χ0v) is 12.5. The Morgan fingerprint density at radius 3 is 2.14 bits per heavy atom. The molecule has 0 fully saturated rings. The minimum atomic E-state index is -1.03. The zero-order chi connectivity index (χ0) is 17.1. The quantitative estimate of drug-likeness (QED) is 0.266. The second kappa shape index (κ2) is 10.0. The number of hydrogen-bond acceptors (Lipinski definition) is 5. The molecule has 1 aromatic carbocycles. The Morgan fingerprint density at radius 2 is 1.68 bits per heavy atom. The van der Waals surface area contributed by atoms with E-state index >= 15 is 0 Å². The minimum absolute atomic E-state index is 0.0381. The first-order valence-electron chi connectivity index (χ1n) is 6.50. The van der Waals surface area contributed by atoms with E-state index in [-0.39, 0.29) is 24.9 Å². The number of carboxylic acid groups (broad SMARTS) is 1. The number of rotatable bonds is 6. The summed E-state index contributed by atoms with van der Waals surface area (Å²) in [6.45, 7) is 3.73. The fraction of sp³-hybridized carbons (Fsp3) is 0.357. The Labute approximate surface area is 128 Å². The van der Waals surface area contributed by atoms with Crippen LogP contribution in [0, 0.1) is 5.41 Å². The monoisotopic (exact) mass is 311 g/mol. The van der Waals surface area contributed by atoms with E-state index in [1.165, 1.54) is 0 Å². The maximum Gasteiger partial charge on any atom is 0.311 e. The molecule has 6 N–H and O–H groups in total.